The molecule has 0 bridgehead atoms. The number of hydrogen-bond donors (Lipinski definition) is 2. The van der Waals surface area contributed by atoms with Gasteiger partial charge in [-0.15, -0.1) is 0 Å². The van der Waals surface area contributed by atoms with E-state index in [0.29, 0.717) is 17.2 Å². The van der Waals surface area contributed by atoms with Crippen LogP contribution in [0.2, 0.25) is 0 Å². The van der Waals surface area contributed by atoms with Crippen LogP contribution < -0.4 is 14.8 Å². The summed E-state index contributed by atoms with van der Waals surface area (Å²) in [7, 11) is 0. The first-order chi connectivity index (χ1) is 13.1. The van der Waals surface area contributed by atoms with E-state index in [4.69, 9.17) is 14.6 Å². The minimum Gasteiger partial charge on any atom is -0.484 e. The molecule has 27 heavy (non-hydrogen) atoms. The number of carbonyl (C=O) groups excluding carboxylic acids is 1. The number of benzene rings is 3. The highest BCUT2D eigenvalue weighted by molar-refractivity contribution is 5.92. The summed E-state index contributed by atoms with van der Waals surface area (Å²) in [6.07, 6.45) is 0. The Morgan fingerprint density at radius 1 is 0.815 bits per heavy atom. The highest BCUT2D eigenvalue weighted by Gasteiger charge is 2.07. The zero-order chi connectivity index (χ0) is 19.1. The third-order valence-corrected chi connectivity index (χ3v) is 3.57. The molecular weight excluding hydrogens is 346 g/mol. The minimum absolute atomic E-state index is 0.0990. The van der Waals surface area contributed by atoms with Gasteiger partial charge in [-0.3, -0.25) is 4.79 Å². The van der Waals surface area contributed by atoms with Gasteiger partial charge in [0, 0.05) is 5.69 Å². The van der Waals surface area contributed by atoms with Crippen LogP contribution in [0.15, 0.2) is 78.9 Å². The van der Waals surface area contributed by atoms with Gasteiger partial charge in [0.25, 0.3) is 5.91 Å². The highest BCUT2D eigenvalue weighted by Crippen LogP contribution is 2.22. The van der Waals surface area contributed by atoms with Crippen molar-refractivity contribution in [3.63, 3.8) is 0 Å². The van der Waals surface area contributed by atoms with Crippen molar-refractivity contribution in [1.82, 2.24) is 0 Å². The number of aromatic carboxylic acids is 1. The Hall–Kier alpha value is -3.80. The number of anilines is 1. The van der Waals surface area contributed by atoms with Crippen LogP contribution in [0, 0.1) is 0 Å². The average Bonchev–Trinajstić information content (AvgIpc) is 2.69. The second kappa shape index (κ2) is 8.53. The van der Waals surface area contributed by atoms with Crippen LogP contribution in [0.3, 0.4) is 0 Å². The average molecular weight is 363 g/mol. The molecule has 3 rings (SSSR count). The van der Waals surface area contributed by atoms with E-state index >= 15 is 0 Å². The quantitative estimate of drug-likeness (QED) is 0.657. The molecule has 0 spiro atoms. The van der Waals surface area contributed by atoms with Crippen LogP contribution >= 0.6 is 0 Å². The molecule has 3 aromatic carbocycles. The van der Waals surface area contributed by atoms with E-state index in [1.807, 2.05) is 30.3 Å². The normalized spacial score (nSPS) is 10.1. The number of amides is 1. The Balaban J connectivity index is 1.52. The maximum Gasteiger partial charge on any atom is 0.335 e. The van der Waals surface area contributed by atoms with Gasteiger partial charge in [-0.25, -0.2) is 4.79 Å². The number of hydrogen-bond acceptors (Lipinski definition) is 4. The summed E-state index contributed by atoms with van der Waals surface area (Å²) in [4.78, 5) is 22.9. The minimum atomic E-state index is -1.05. The Morgan fingerprint density at radius 3 is 2.19 bits per heavy atom. The summed E-state index contributed by atoms with van der Waals surface area (Å²) >= 11 is 0. The maximum atomic E-state index is 12.0. The lowest BCUT2D eigenvalue weighted by Gasteiger charge is -2.09. The van der Waals surface area contributed by atoms with Crippen molar-refractivity contribution < 1.29 is 24.2 Å². The van der Waals surface area contributed by atoms with Crippen LogP contribution in [0.1, 0.15) is 10.4 Å². The molecule has 0 radical (unpaired) electrons. The zero-order valence-corrected chi connectivity index (χ0v) is 14.3. The number of carbonyl (C=O) groups is 2. The van der Waals surface area contributed by atoms with Gasteiger partial charge in [-0.1, -0.05) is 24.3 Å². The Labute approximate surface area is 156 Å². The molecule has 0 saturated carbocycles. The van der Waals surface area contributed by atoms with E-state index in [9.17, 15) is 9.59 Å². The number of para-hydroxylation sites is 1. The third-order valence-electron chi connectivity index (χ3n) is 3.57. The molecule has 2 N–H and O–H groups in total. The molecule has 0 atom stereocenters. The van der Waals surface area contributed by atoms with Crippen LogP contribution in [0.4, 0.5) is 5.69 Å². The van der Waals surface area contributed by atoms with Crippen molar-refractivity contribution in [1.29, 1.82) is 0 Å². The van der Waals surface area contributed by atoms with Crippen LogP contribution in [0.25, 0.3) is 0 Å². The molecule has 0 fully saturated rings. The lowest BCUT2D eigenvalue weighted by atomic mass is 10.2. The lowest BCUT2D eigenvalue weighted by Crippen LogP contribution is -2.20. The lowest BCUT2D eigenvalue weighted by molar-refractivity contribution is -0.118. The number of ether oxygens (including phenoxy) is 2. The summed E-state index contributed by atoms with van der Waals surface area (Å²) in [5.74, 6) is 0.291. The Morgan fingerprint density at radius 2 is 1.48 bits per heavy atom. The number of rotatable bonds is 7. The van der Waals surface area contributed by atoms with E-state index in [1.54, 1.807) is 36.4 Å². The van der Waals surface area contributed by atoms with Gasteiger partial charge in [-0.05, 0) is 54.6 Å². The van der Waals surface area contributed by atoms with E-state index in [1.165, 1.54) is 12.1 Å². The second-order valence-corrected chi connectivity index (χ2v) is 5.61. The molecule has 136 valence electrons. The fourth-order valence-corrected chi connectivity index (χ4v) is 2.30. The fraction of sp³-hybridized carbons (Fsp3) is 0.0476. The summed E-state index contributed by atoms with van der Waals surface area (Å²) in [6, 6.07) is 22.3. The van der Waals surface area contributed by atoms with Gasteiger partial charge in [-0.2, -0.15) is 0 Å². The smallest absolute Gasteiger partial charge is 0.335 e. The Bertz CT molecular complexity index is 923. The van der Waals surface area contributed by atoms with Gasteiger partial charge in [0.05, 0.1) is 5.56 Å². The molecule has 0 unspecified atom stereocenters. The van der Waals surface area contributed by atoms with Crippen molar-refractivity contribution >= 4 is 17.6 Å². The standard InChI is InChI=1S/C21H17NO5/c23-20(14-26-19-8-4-5-15(13-19)21(24)25)22-16-9-11-18(12-10-16)27-17-6-2-1-3-7-17/h1-13H,14H2,(H,22,23)(H,24,25). The van der Waals surface area contributed by atoms with Crippen LogP contribution in [-0.2, 0) is 4.79 Å². The largest absolute Gasteiger partial charge is 0.484 e. The highest BCUT2D eigenvalue weighted by atomic mass is 16.5. The van der Waals surface area contributed by atoms with Crippen LogP contribution in [0.5, 0.6) is 17.2 Å². The van der Waals surface area contributed by atoms with E-state index < -0.39 is 5.97 Å². The van der Waals surface area contributed by atoms with Crippen LogP contribution in [-0.4, -0.2) is 23.6 Å². The first kappa shape index (κ1) is 18.0. The van der Waals surface area contributed by atoms with E-state index in [-0.39, 0.29) is 18.1 Å². The van der Waals surface area contributed by atoms with Gasteiger partial charge in [0.15, 0.2) is 6.61 Å². The molecule has 0 saturated heterocycles. The number of nitrogens with one attached hydrogen (secondary N) is 1. The summed E-state index contributed by atoms with van der Waals surface area (Å²) in [5.41, 5.74) is 0.699. The molecule has 6 heteroatoms. The first-order valence-electron chi connectivity index (χ1n) is 8.19. The molecule has 0 aliphatic rings. The topological polar surface area (TPSA) is 84.9 Å². The summed E-state index contributed by atoms with van der Waals surface area (Å²) in [6.45, 7) is -0.231. The summed E-state index contributed by atoms with van der Waals surface area (Å²) in [5, 5.41) is 11.7. The van der Waals surface area contributed by atoms with Gasteiger partial charge in [0.2, 0.25) is 0 Å². The third kappa shape index (κ3) is 5.34. The number of carboxylic acid groups (broad SMARTS) is 1. The number of carboxylic acids is 1. The molecule has 0 heterocycles. The molecule has 0 aliphatic carbocycles. The monoisotopic (exact) mass is 363 g/mol. The van der Waals surface area contributed by atoms with Gasteiger partial charge in [0.1, 0.15) is 17.2 Å². The van der Waals surface area contributed by atoms with Gasteiger partial charge < -0.3 is 19.9 Å². The molecular formula is C21H17NO5. The van der Waals surface area contributed by atoms with E-state index in [2.05, 4.69) is 5.32 Å². The van der Waals surface area contributed by atoms with Crippen molar-refractivity contribution in [3.8, 4) is 17.2 Å². The molecule has 1 amide bonds. The van der Waals surface area contributed by atoms with E-state index in [0.717, 1.165) is 5.75 Å². The molecule has 0 aromatic heterocycles. The second-order valence-electron chi connectivity index (χ2n) is 5.61. The van der Waals surface area contributed by atoms with Crippen molar-refractivity contribution in [2.75, 3.05) is 11.9 Å². The predicted octanol–water partition coefficient (Wildman–Crippen LogP) is 4.19. The van der Waals surface area contributed by atoms with Crippen molar-refractivity contribution in [2.24, 2.45) is 0 Å². The molecule has 6 nitrogen and oxygen atoms in total. The fourth-order valence-electron chi connectivity index (χ4n) is 2.30. The van der Waals surface area contributed by atoms with Crippen molar-refractivity contribution in [3.05, 3.63) is 84.4 Å². The zero-order valence-electron chi connectivity index (χ0n) is 14.3. The first-order valence-corrected chi connectivity index (χ1v) is 8.19. The SMILES string of the molecule is O=C(COc1cccc(C(=O)O)c1)Nc1ccc(Oc2ccccc2)cc1. The molecule has 3 aromatic rings. The predicted molar refractivity (Wildman–Crippen MR) is 100 cm³/mol. The van der Waals surface area contributed by atoms with Crippen molar-refractivity contribution in [2.45, 2.75) is 0 Å². The maximum absolute atomic E-state index is 12.0. The molecule has 0 aliphatic heterocycles. The van der Waals surface area contributed by atoms with Gasteiger partial charge >= 0.3 is 5.97 Å². The summed E-state index contributed by atoms with van der Waals surface area (Å²) < 4.78 is 11.0. The Kier molecular flexibility index (Phi) is 5.69.